The van der Waals surface area contributed by atoms with E-state index >= 15 is 4.39 Å². The van der Waals surface area contributed by atoms with Gasteiger partial charge in [-0.25, -0.2) is 17.6 Å². The largest absolute Gasteiger partial charge is 0.461 e. The molecule has 0 radical (unpaired) electrons. The molecule has 1 aromatic carbocycles. The quantitative estimate of drug-likeness (QED) is 0.309. The van der Waals surface area contributed by atoms with Gasteiger partial charge in [-0.2, -0.15) is 15.1 Å². The highest BCUT2D eigenvalue weighted by Gasteiger charge is 2.51. The molecule has 4 fully saturated rings. The third-order valence-corrected chi connectivity index (χ3v) is 10.2. The number of alkyl halides is 2. The summed E-state index contributed by atoms with van der Waals surface area (Å²) in [5, 5.41) is 10.7. The molecular formula is C30H32F4N8O. The van der Waals surface area contributed by atoms with Crippen molar-refractivity contribution in [2.75, 3.05) is 37.7 Å². The molecule has 4 aliphatic heterocycles. The number of nitrogens with one attached hydrogen (secondary N) is 2. The van der Waals surface area contributed by atoms with Gasteiger partial charge in [-0.05, 0) is 70.2 Å². The zero-order valence-electron chi connectivity index (χ0n) is 23.8. The minimum atomic E-state index is -2.58. The Morgan fingerprint density at radius 3 is 2.70 bits per heavy atom. The first-order chi connectivity index (χ1) is 20.8. The zero-order valence-corrected chi connectivity index (χ0v) is 23.8. The van der Waals surface area contributed by atoms with Crippen molar-refractivity contribution in [1.29, 1.82) is 0 Å². The van der Waals surface area contributed by atoms with Crippen molar-refractivity contribution in [3.8, 4) is 17.3 Å². The Kier molecular flexibility index (Phi) is 6.10. The first kappa shape index (κ1) is 27.0. The highest BCUT2D eigenvalue weighted by atomic mass is 19.3. The van der Waals surface area contributed by atoms with Crippen LogP contribution in [0, 0.1) is 18.6 Å². The summed E-state index contributed by atoms with van der Waals surface area (Å²) in [6.07, 6.45) is 5.53. The maximum atomic E-state index is 16.6. The Morgan fingerprint density at radius 1 is 1.09 bits per heavy atom. The molecule has 7 heterocycles. The monoisotopic (exact) mass is 596 g/mol. The summed E-state index contributed by atoms with van der Waals surface area (Å²) in [5.41, 5.74) is -0.677. The number of aromatic nitrogens is 5. The number of nitrogens with zero attached hydrogens (tertiary/aromatic N) is 6. The highest BCUT2D eigenvalue weighted by molar-refractivity contribution is 5.99. The van der Waals surface area contributed by atoms with Crippen LogP contribution >= 0.6 is 0 Å². The van der Waals surface area contributed by atoms with E-state index in [2.05, 4.69) is 30.4 Å². The van der Waals surface area contributed by atoms with Crippen LogP contribution in [0.15, 0.2) is 18.5 Å². The lowest BCUT2D eigenvalue weighted by molar-refractivity contribution is 0.0367. The molecule has 2 atom stereocenters. The number of halogens is 4. The van der Waals surface area contributed by atoms with E-state index in [4.69, 9.17) is 9.72 Å². The normalized spacial score (nSPS) is 25.0. The second-order valence-corrected chi connectivity index (χ2v) is 12.6. The number of pyridine rings is 1. The lowest BCUT2D eigenvalue weighted by atomic mass is 9.95. The molecule has 3 aromatic heterocycles. The summed E-state index contributed by atoms with van der Waals surface area (Å²) >= 11 is 0. The summed E-state index contributed by atoms with van der Waals surface area (Å²) in [7, 11) is 0. The first-order valence-electron chi connectivity index (χ1n) is 14.9. The Bertz CT molecular complexity index is 1740. The number of piperazine rings is 1. The lowest BCUT2D eigenvalue weighted by Crippen LogP contribution is -2.63. The average molecular weight is 597 g/mol. The highest BCUT2D eigenvalue weighted by Crippen LogP contribution is 2.42. The van der Waals surface area contributed by atoms with Gasteiger partial charge in [0.15, 0.2) is 5.82 Å². The van der Waals surface area contributed by atoms with Crippen molar-refractivity contribution < 1.29 is 22.3 Å². The molecule has 0 amide bonds. The van der Waals surface area contributed by atoms with Gasteiger partial charge in [0.05, 0.1) is 28.2 Å². The van der Waals surface area contributed by atoms with E-state index in [0.717, 1.165) is 38.8 Å². The molecular weight excluding hydrogens is 564 g/mol. The molecule has 4 aromatic rings. The van der Waals surface area contributed by atoms with Gasteiger partial charge >= 0.3 is 6.01 Å². The number of ether oxygens (including phenoxy) is 1. The smallest absolute Gasteiger partial charge is 0.319 e. The van der Waals surface area contributed by atoms with Crippen molar-refractivity contribution >= 4 is 27.6 Å². The van der Waals surface area contributed by atoms with E-state index in [-0.39, 0.29) is 46.5 Å². The lowest BCUT2D eigenvalue weighted by Gasteiger charge is -2.41. The summed E-state index contributed by atoms with van der Waals surface area (Å²) in [6, 6.07) is 1.16. The minimum absolute atomic E-state index is 0.00640. The Balaban J connectivity index is 1.27. The second kappa shape index (κ2) is 9.71. The van der Waals surface area contributed by atoms with E-state index in [1.54, 1.807) is 11.8 Å². The molecule has 2 bridgehead atoms. The Labute approximate surface area is 245 Å². The van der Waals surface area contributed by atoms with Gasteiger partial charge in [0.2, 0.25) is 0 Å². The van der Waals surface area contributed by atoms with Crippen LogP contribution in [-0.4, -0.2) is 86.4 Å². The van der Waals surface area contributed by atoms with Crippen LogP contribution in [0.4, 0.5) is 23.4 Å². The standard InChI is InChI=1S/C30H32F4N8O/c1-16-20(31)10-21-18(12-36-40-21)22(16)25-23(32)24-19(11-35-25)26(41-13-17-4-7-30(14-41,39-17)27(33)34)38-28(37-24)43-15-29-5-2-8-42(29)9-3-6-29/h10-12,17,27,39H,2-9,13-15H2,1H3,(H,36,40)/t17?,30-/m0/s1. The van der Waals surface area contributed by atoms with Gasteiger partial charge in [0, 0.05) is 36.3 Å². The van der Waals surface area contributed by atoms with Gasteiger partial charge in [-0.1, -0.05) is 0 Å². The molecule has 4 aliphatic rings. The fraction of sp³-hybridized carbons (Fsp3) is 0.533. The second-order valence-electron chi connectivity index (χ2n) is 12.6. The van der Waals surface area contributed by atoms with Crippen molar-refractivity contribution in [3.05, 3.63) is 35.7 Å². The summed E-state index contributed by atoms with van der Waals surface area (Å²) in [4.78, 5) is 17.9. The van der Waals surface area contributed by atoms with Gasteiger partial charge in [-0.15, -0.1) is 0 Å². The Morgan fingerprint density at radius 2 is 1.91 bits per heavy atom. The molecule has 2 N–H and O–H groups in total. The van der Waals surface area contributed by atoms with Gasteiger partial charge in [-0.3, -0.25) is 15.0 Å². The molecule has 1 unspecified atom stereocenters. The van der Waals surface area contributed by atoms with Crippen LogP contribution in [0.1, 0.15) is 44.1 Å². The third-order valence-electron chi connectivity index (χ3n) is 10.2. The molecule has 8 rings (SSSR count). The van der Waals surface area contributed by atoms with Crippen molar-refractivity contribution in [1.82, 2.24) is 35.4 Å². The maximum Gasteiger partial charge on any atom is 0.319 e. The topological polar surface area (TPSA) is 95.1 Å². The van der Waals surface area contributed by atoms with Crippen LogP contribution in [0.5, 0.6) is 6.01 Å². The van der Waals surface area contributed by atoms with Crippen molar-refractivity contribution in [3.63, 3.8) is 0 Å². The van der Waals surface area contributed by atoms with Crippen molar-refractivity contribution in [2.24, 2.45) is 0 Å². The molecule has 9 nitrogen and oxygen atoms in total. The molecule has 43 heavy (non-hydrogen) atoms. The molecule has 4 saturated heterocycles. The molecule has 0 aliphatic carbocycles. The molecule has 0 saturated carbocycles. The van der Waals surface area contributed by atoms with E-state index in [1.165, 1.54) is 18.5 Å². The van der Waals surface area contributed by atoms with Crippen molar-refractivity contribution in [2.45, 2.75) is 69.0 Å². The van der Waals surface area contributed by atoms with Crippen LogP contribution in [0.25, 0.3) is 33.1 Å². The first-order valence-corrected chi connectivity index (χ1v) is 14.9. The van der Waals surface area contributed by atoms with E-state index < -0.39 is 23.6 Å². The molecule has 226 valence electrons. The fourth-order valence-corrected chi connectivity index (χ4v) is 7.95. The number of fused-ring (bicyclic) bond motifs is 5. The van der Waals surface area contributed by atoms with Gasteiger partial charge in [0.1, 0.15) is 29.5 Å². The van der Waals surface area contributed by atoms with E-state index in [0.29, 0.717) is 48.1 Å². The minimum Gasteiger partial charge on any atom is -0.461 e. The van der Waals surface area contributed by atoms with Gasteiger partial charge in [0.25, 0.3) is 6.43 Å². The number of hydrogen-bond acceptors (Lipinski definition) is 8. The number of H-pyrrole nitrogens is 1. The molecule has 0 spiro atoms. The van der Waals surface area contributed by atoms with E-state index in [1.807, 2.05) is 0 Å². The summed E-state index contributed by atoms with van der Waals surface area (Å²) < 4.78 is 66.4. The van der Waals surface area contributed by atoms with E-state index in [9.17, 15) is 13.2 Å². The summed E-state index contributed by atoms with van der Waals surface area (Å²) in [5.74, 6) is -0.968. The van der Waals surface area contributed by atoms with Crippen LogP contribution in [0.3, 0.4) is 0 Å². The predicted molar refractivity (Wildman–Crippen MR) is 152 cm³/mol. The number of aromatic amines is 1. The Hall–Kier alpha value is -3.58. The average Bonchev–Trinajstić information content (AvgIpc) is 3.77. The maximum absolute atomic E-state index is 16.6. The number of benzene rings is 1. The van der Waals surface area contributed by atoms with Gasteiger partial charge < -0.3 is 15.0 Å². The number of anilines is 1. The SMILES string of the molecule is Cc1c(F)cc2[nH]ncc2c1-c1ncc2c(N3CC4CC[C@@](C(F)F)(C3)N4)nc(OCC34CCCN3CCC4)nc2c1F. The predicted octanol–water partition coefficient (Wildman–Crippen LogP) is 4.74. The zero-order chi connectivity index (χ0) is 29.5. The number of rotatable bonds is 6. The molecule has 13 heteroatoms. The fourth-order valence-electron chi connectivity index (χ4n) is 7.95. The summed E-state index contributed by atoms with van der Waals surface area (Å²) in [6.45, 7) is 4.40. The van der Waals surface area contributed by atoms with Crippen LogP contribution < -0.4 is 15.0 Å². The van der Waals surface area contributed by atoms with Crippen LogP contribution in [-0.2, 0) is 0 Å². The number of hydrogen-bond donors (Lipinski definition) is 2. The third kappa shape index (κ3) is 4.10. The van der Waals surface area contributed by atoms with Crippen LogP contribution in [0.2, 0.25) is 0 Å².